The van der Waals surface area contributed by atoms with Crippen molar-refractivity contribution in [2.75, 3.05) is 19.5 Å². The molecule has 2 heterocycles. The van der Waals surface area contributed by atoms with Crippen LogP contribution < -0.4 is 16.8 Å². The maximum absolute atomic E-state index is 12.8. The molecule has 13 nitrogen and oxygen atoms in total. The molecule has 1 unspecified atom stereocenters. The summed E-state index contributed by atoms with van der Waals surface area (Å²) in [6.45, 7) is -0.392. The predicted molar refractivity (Wildman–Crippen MR) is 101 cm³/mol. The summed E-state index contributed by atoms with van der Waals surface area (Å²) in [6.07, 6.45) is -0.953. The van der Waals surface area contributed by atoms with Crippen molar-refractivity contribution in [2.45, 2.75) is 36.4 Å². The van der Waals surface area contributed by atoms with Crippen molar-refractivity contribution in [1.29, 1.82) is 0 Å². The number of hydrogen-bond donors (Lipinski definition) is 5. The Kier molecular flexibility index (Phi) is 7.28. The monoisotopic (exact) mass is 446 g/mol. The Labute approximate surface area is 174 Å². The molecule has 7 N–H and O–H groups in total. The van der Waals surface area contributed by atoms with E-state index in [9.17, 15) is 29.1 Å². The van der Waals surface area contributed by atoms with E-state index in [2.05, 4.69) is 10.1 Å². The van der Waals surface area contributed by atoms with Gasteiger partial charge in [0.25, 0.3) is 11.6 Å². The van der Waals surface area contributed by atoms with E-state index < -0.39 is 53.6 Å². The largest absolute Gasteiger partial charge is 0.480 e. The molecule has 1 saturated heterocycles. The molecule has 3 atom stereocenters. The number of nitrogens with one attached hydrogen (secondary N) is 1. The first-order valence-electron chi connectivity index (χ1n) is 8.72. The fraction of sp³-hybridized carbons (Fsp3) is 0.562. The van der Waals surface area contributed by atoms with Gasteiger partial charge >= 0.3 is 18.0 Å². The summed E-state index contributed by atoms with van der Waals surface area (Å²) in [5.41, 5.74) is 8.33. The van der Waals surface area contributed by atoms with Crippen LogP contribution in [0.4, 0.5) is 4.79 Å². The van der Waals surface area contributed by atoms with Gasteiger partial charge in [-0.05, 0) is 12.8 Å². The number of thioether (sulfide) groups is 1. The van der Waals surface area contributed by atoms with Crippen LogP contribution in [-0.4, -0.2) is 81.6 Å². The van der Waals surface area contributed by atoms with Crippen molar-refractivity contribution in [3.05, 3.63) is 11.3 Å². The van der Waals surface area contributed by atoms with Crippen molar-refractivity contribution in [2.24, 2.45) is 11.5 Å². The molecule has 0 saturated carbocycles. The van der Waals surface area contributed by atoms with Crippen molar-refractivity contribution in [1.82, 2.24) is 10.2 Å². The Morgan fingerprint density at radius 3 is 2.57 bits per heavy atom. The molecule has 3 amide bonds. The number of fused-ring (bicyclic) bond motifs is 1. The molecule has 0 aromatic heterocycles. The summed E-state index contributed by atoms with van der Waals surface area (Å²) in [6, 6.07) is -1.10. The molecule has 0 bridgehead atoms. The normalized spacial score (nSPS) is 23.9. The Morgan fingerprint density at radius 1 is 1.37 bits per heavy atom. The summed E-state index contributed by atoms with van der Waals surface area (Å²) in [4.78, 5) is 59.3. The highest BCUT2D eigenvalue weighted by atomic mass is 32.2. The second-order valence-electron chi connectivity index (χ2n) is 6.53. The van der Waals surface area contributed by atoms with E-state index >= 15 is 0 Å². The van der Waals surface area contributed by atoms with Gasteiger partial charge in [0.05, 0.1) is 0 Å². The molecule has 2 aliphatic rings. The fourth-order valence-electron chi connectivity index (χ4n) is 3.09. The second kappa shape index (κ2) is 9.32. The van der Waals surface area contributed by atoms with Crippen molar-refractivity contribution in [3.63, 3.8) is 0 Å². The van der Waals surface area contributed by atoms with Crippen molar-refractivity contribution in [3.8, 4) is 0 Å². The molecule has 0 aliphatic carbocycles. The third-order valence-corrected chi connectivity index (χ3v) is 5.96. The molecule has 14 heteroatoms. The van der Waals surface area contributed by atoms with E-state index in [1.165, 1.54) is 7.11 Å². The molecule has 0 aromatic carbocycles. The van der Waals surface area contributed by atoms with Gasteiger partial charge in [0, 0.05) is 24.9 Å². The molecular formula is C16H22N4O9S. The van der Waals surface area contributed by atoms with Crippen LogP contribution in [0.2, 0.25) is 0 Å². The van der Waals surface area contributed by atoms with E-state index in [-0.39, 0.29) is 36.3 Å². The third kappa shape index (κ3) is 4.49. The molecule has 2 rings (SSSR count). The molecular weight excluding hydrogens is 424 g/mol. The van der Waals surface area contributed by atoms with Gasteiger partial charge in [-0.2, -0.15) is 0 Å². The number of aliphatic carboxylic acids is 2. The lowest BCUT2D eigenvalue weighted by Gasteiger charge is -2.55. The highest BCUT2D eigenvalue weighted by Gasteiger charge is 2.66. The number of rotatable bonds is 10. The van der Waals surface area contributed by atoms with Gasteiger partial charge in [-0.3, -0.25) is 19.3 Å². The van der Waals surface area contributed by atoms with Gasteiger partial charge in [0.15, 0.2) is 0 Å². The van der Waals surface area contributed by atoms with Crippen molar-refractivity contribution >= 4 is 41.6 Å². The molecule has 0 aromatic rings. The number of ether oxygens (including phenoxy) is 2. The number of nitrogens with zero attached hydrogens (tertiary/aromatic N) is 1. The number of carboxylic acids is 2. The Morgan fingerprint density at radius 2 is 2.03 bits per heavy atom. The van der Waals surface area contributed by atoms with Gasteiger partial charge in [-0.1, -0.05) is 0 Å². The maximum atomic E-state index is 12.8. The number of carbonyl (C=O) groups is 5. The van der Waals surface area contributed by atoms with Crippen LogP contribution in [0.5, 0.6) is 0 Å². The highest BCUT2D eigenvalue weighted by Crippen LogP contribution is 2.46. The van der Waals surface area contributed by atoms with Gasteiger partial charge in [0.1, 0.15) is 23.7 Å². The van der Waals surface area contributed by atoms with Crippen LogP contribution in [0.3, 0.4) is 0 Å². The first kappa shape index (κ1) is 23.4. The highest BCUT2D eigenvalue weighted by molar-refractivity contribution is 8.00. The average Bonchev–Trinajstić information content (AvgIpc) is 2.68. The minimum Gasteiger partial charge on any atom is -0.480 e. The number of nitrogens with two attached hydrogens (primary N) is 2. The Balaban J connectivity index is 2.11. The first-order chi connectivity index (χ1) is 14.0. The lowest BCUT2D eigenvalue weighted by atomic mass is 9.97. The summed E-state index contributed by atoms with van der Waals surface area (Å²) < 4.78 is 9.91. The standard InChI is InChI=1S/C16H22N4O9S/c1-28-16(19-9(21)4-2-3-8(17)11(22)23)13(26)20-10(12(24)25)7(5-29-15(18)27)6-30-14(16)20/h8,14H,2-6,17H2,1H3,(H2,18,27)(H,19,21)(H,22,23)(H,24,25)/t8?,14-,16-/m1/s1. The zero-order chi connectivity index (χ0) is 22.6. The quantitative estimate of drug-likeness (QED) is 0.190. The lowest BCUT2D eigenvalue weighted by Crippen LogP contribution is -2.80. The molecule has 1 fully saturated rings. The fourth-order valence-corrected chi connectivity index (χ4v) is 4.51. The number of hydrogen-bond acceptors (Lipinski definition) is 9. The number of carboxylic acid groups (broad SMARTS) is 2. The number of primary amides is 1. The SMILES string of the molecule is CO[C@]1(NC(=O)CCCC(N)C(=O)O)C(=O)N2C(C(=O)O)=C(COC(N)=O)CS[C@@H]21. The van der Waals surface area contributed by atoms with Crippen LogP contribution in [0, 0.1) is 0 Å². The molecule has 0 radical (unpaired) electrons. The zero-order valence-electron chi connectivity index (χ0n) is 16.0. The minimum atomic E-state index is -1.77. The van der Waals surface area contributed by atoms with Crippen molar-refractivity contribution < 1.29 is 43.7 Å². The number of β-lactam (4-membered cyclic amide) rings is 1. The van der Waals surface area contributed by atoms with Gasteiger partial charge in [-0.15, -0.1) is 11.8 Å². The van der Waals surface area contributed by atoms with Gasteiger partial charge < -0.3 is 36.5 Å². The molecule has 2 aliphatic heterocycles. The average molecular weight is 446 g/mol. The number of amides is 3. The lowest BCUT2D eigenvalue weighted by molar-refractivity contribution is -0.192. The summed E-state index contributed by atoms with van der Waals surface area (Å²) >= 11 is 1.12. The maximum Gasteiger partial charge on any atom is 0.404 e. The summed E-state index contributed by atoms with van der Waals surface area (Å²) in [5, 5.41) is 19.9. The topological polar surface area (TPSA) is 212 Å². The van der Waals surface area contributed by atoms with Crippen LogP contribution >= 0.6 is 11.8 Å². The third-order valence-electron chi connectivity index (χ3n) is 4.58. The Hall–Kier alpha value is -2.84. The minimum absolute atomic E-state index is 0.0656. The van der Waals surface area contributed by atoms with E-state index in [1.807, 2.05) is 0 Å². The summed E-state index contributed by atoms with van der Waals surface area (Å²) in [5.74, 6) is -3.87. The zero-order valence-corrected chi connectivity index (χ0v) is 16.8. The van der Waals surface area contributed by atoms with E-state index in [0.717, 1.165) is 16.7 Å². The van der Waals surface area contributed by atoms with Crippen LogP contribution in [0.25, 0.3) is 0 Å². The van der Waals surface area contributed by atoms with Crippen LogP contribution in [-0.2, 0) is 28.7 Å². The first-order valence-corrected chi connectivity index (χ1v) is 9.77. The van der Waals surface area contributed by atoms with Gasteiger partial charge in [-0.25, -0.2) is 9.59 Å². The molecule has 166 valence electrons. The number of carbonyl (C=O) groups excluding carboxylic acids is 3. The molecule has 0 spiro atoms. The second-order valence-corrected chi connectivity index (χ2v) is 7.60. The smallest absolute Gasteiger partial charge is 0.404 e. The molecule has 30 heavy (non-hydrogen) atoms. The van der Waals surface area contributed by atoms with Crippen LogP contribution in [0.1, 0.15) is 19.3 Å². The summed E-state index contributed by atoms with van der Waals surface area (Å²) in [7, 11) is 1.20. The van der Waals surface area contributed by atoms with E-state index in [1.54, 1.807) is 0 Å². The van der Waals surface area contributed by atoms with E-state index in [0.29, 0.717) is 0 Å². The number of methoxy groups -OCH3 is 1. The Bertz CT molecular complexity index is 802. The van der Waals surface area contributed by atoms with E-state index in [4.69, 9.17) is 21.3 Å². The van der Waals surface area contributed by atoms with Gasteiger partial charge in [0.2, 0.25) is 5.91 Å². The predicted octanol–water partition coefficient (Wildman–Crippen LogP) is -1.62. The van der Waals surface area contributed by atoms with Crippen LogP contribution in [0.15, 0.2) is 11.3 Å².